The maximum atomic E-state index is 11.6. The van der Waals surface area contributed by atoms with Crippen LogP contribution in [0.3, 0.4) is 0 Å². The van der Waals surface area contributed by atoms with Crippen LogP contribution in [0.2, 0.25) is 0 Å². The van der Waals surface area contributed by atoms with Crippen molar-refractivity contribution < 1.29 is 24.9 Å². The number of hydrogen-bond acceptors (Lipinski definition) is 13. The lowest BCUT2D eigenvalue weighted by Gasteiger charge is -2.29. The Morgan fingerprint density at radius 3 is 1.82 bits per heavy atom. The number of aliphatic hydroxyl groups is 3. The Balaban J connectivity index is 0.000000734. The molecule has 1 aliphatic heterocycles. The first-order valence-corrected chi connectivity index (χ1v) is 12.7. The summed E-state index contributed by atoms with van der Waals surface area (Å²) in [7, 11) is 7.57. The number of thiol groups is 4. The molecule has 1 heterocycles. The first-order valence-electron chi connectivity index (χ1n) is 5.64. The fourth-order valence-electron chi connectivity index (χ4n) is 0.815. The number of esters is 1. The van der Waals surface area contributed by atoms with Crippen LogP contribution in [0.4, 0.5) is 0 Å². The fraction of sp³-hybridized carbons (Fsp3) is 0.889. The molecule has 132 valence electrons. The normalized spacial score (nSPS) is 15.5. The number of ether oxygens (including phenoxy) is 1. The topological polar surface area (TPSA) is 87.0 Å². The van der Waals surface area contributed by atoms with Gasteiger partial charge in [-0.2, -0.15) is 25.3 Å². The highest BCUT2D eigenvalue weighted by atomic mass is 33.7. The Kier molecular flexibility index (Phi) is 13.7. The molecule has 0 radical (unpaired) electrons. The molecule has 22 heavy (non-hydrogen) atoms. The van der Waals surface area contributed by atoms with Crippen LogP contribution in [0, 0.1) is 5.41 Å². The summed E-state index contributed by atoms with van der Waals surface area (Å²) in [4.78, 5) is 11.6. The highest BCUT2D eigenvalue weighted by Gasteiger charge is 2.39. The Morgan fingerprint density at radius 2 is 1.55 bits per heavy atom. The second-order valence-electron chi connectivity index (χ2n) is 4.14. The monoisotopic (exact) mass is 462 g/mol. The van der Waals surface area contributed by atoms with Gasteiger partial charge in [-0.15, -0.1) is 25.3 Å². The van der Waals surface area contributed by atoms with E-state index in [-0.39, 0.29) is 6.61 Å². The van der Waals surface area contributed by atoms with Crippen LogP contribution < -0.4 is 0 Å². The van der Waals surface area contributed by atoms with Crippen LogP contribution >= 0.6 is 91.8 Å². The highest BCUT2D eigenvalue weighted by molar-refractivity contribution is 9.30. The van der Waals surface area contributed by atoms with Crippen LogP contribution in [0.5, 0.6) is 0 Å². The van der Waals surface area contributed by atoms with Gasteiger partial charge in [0.15, 0.2) is 4.08 Å². The Bertz CT molecular complexity index is 305. The van der Waals surface area contributed by atoms with Crippen LogP contribution in [-0.4, -0.2) is 61.5 Å². The van der Waals surface area contributed by atoms with E-state index in [1.165, 1.54) is 5.08 Å². The molecule has 1 fully saturated rings. The minimum absolute atomic E-state index is 0.355. The largest absolute Gasteiger partial charge is 0.463 e. The number of carbonyl (C=O) groups excluding carboxylic acids is 1. The third kappa shape index (κ3) is 8.50. The summed E-state index contributed by atoms with van der Waals surface area (Å²) < 4.78 is 2.55. The number of carbonyl (C=O) groups is 1. The van der Waals surface area contributed by atoms with Gasteiger partial charge in [0, 0.05) is 0 Å². The second kappa shape index (κ2) is 12.5. The van der Waals surface area contributed by atoms with Crippen LogP contribution in [0.15, 0.2) is 0 Å². The van der Waals surface area contributed by atoms with Gasteiger partial charge in [-0.05, 0) is 19.7 Å². The van der Waals surface area contributed by atoms with Crippen LogP contribution in [0.1, 0.15) is 0 Å². The zero-order chi connectivity index (χ0) is 17.2. The van der Waals surface area contributed by atoms with Gasteiger partial charge in [-0.25, -0.2) is 4.79 Å². The van der Waals surface area contributed by atoms with Crippen molar-refractivity contribution in [1.29, 1.82) is 0 Å². The molecule has 0 amide bonds. The molecule has 13 heteroatoms. The average Bonchev–Trinajstić information content (AvgIpc) is 3.08. The van der Waals surface area contributed by atoms with Gasteiger partial charge in [0.05, 0.1) is 34.9 Å². The predicted octanol–water partition coefficient (Wildman–Crippen LogP) is 1.87. The molecular weight excluding hydrogens is 445 g/mol. The summed E-state index contributed by atoms with van der Waals surface area (Å²) in [5.41, 5.74) is -1.28. The lowest BCUT2D eigenvalue weighted by Crippen LogP contribution is -2.43. The third-order valence-electron chi connectivity index (χ3n) is 2.40. The third-order valence-corrected chi connectivity index (χ3v) is 12.1. The van der Waals surface area contributed by atoms with Gasteiger partial charge in [-0.3, -0.25) is 0 Å². The lowest BCUT2D eigenvalue weighted by atomic mass is 9.93. The number of aliphatic hydroxyl groups excluding tert-OH is 3. The second-order valence-corrected chi connectivity index (χ2v) is 13.7. The molecule has 0 unspecified atom stereocenters. The molecule has 0 saturated carbocycles. The van der Waals surface area contributed by atoms with Crippen molar-refractivity contribution in [3.8, 4) is 0 Å². The number of rotatable bonds is 7. The van der Waals surface area contributed by atoms with Gasteiger partial charge in [-0.1, -0.05) is 21.6 Å². The van der Waals surface area contributed by atoms with E-state index in [2.05, 4.69) is 50.5 Å². The Hall–Kier alpha value is 2.15. The summed E-state index contributed by atoms with van der Waals surface area (Å²) >= 11 is 15.7. The van der Waals surface area contributed by atoms with E-state index in [4.69, 9.17) is 20.1 Å². The highest BCUT2D eigenvalue weighted by Crippen LogP contribution is 2.53. The van der Waals surface area contributed by atoms with Crippen molar-refractivity contribution in [2.45, 2.75) is 8.66 Å². The Labute approximate surface area is 167 Å². The zero-order valence-corrected chi connectivity index (χ0v) is 18.0. The van der Waals surface area contributed by atoms with Crippen LogP contribution in [-0.2, 0) is 9.53 Å². The molecule has 3 N–H and O–H groups in total. The molecular formula is C9H18O5S8. The molecule has 1 saturated heterocycles. The summed E-state index contributed by atoms with van der Waals surface area (Å²) in [6.45, 7) is -1.92. The van der Waals surface area contributed by atoms with E-state index in [0.29, 0.717) is 0 Å². The van der Waals surface area contributed by atoms with Gasteiger partial charge in [0.2, 0.25) is 0 Å². The zero-order valence-electron chi connectivity index (χ0n) is 11.2. The van der Waals surface area contributed by atoms with Gasteiger partial charge in [0.1, 0.15) is 6.61 Å². The van der Waals surface area contributed by atoms with E-state index >= 15 is 0 Å². The molecule has 0 aromatic carbocycles. The smallest absolute Gasteiger partial charge is 0.334 e. The maximum Gasteiger partial charge on any atom is 0.334 e. The summed E-state index contributed by atoms with van der Waals surface area (Å²) in [6.07, 6.45) is 0. The van der Waals surface area contributed by atoms with E-state index in [1.807, 2.05) is 41.2 Å². The van der Waals surface area contributed by atoms with Gasteiger partial charge < -0.3 is 20.1 Å². The molecule has 0 aromatic heterocycles. The molecule has 0 spiro atoms. The van der Waals surface area contributed by atoms with Crippen LogP contribution in [0.25, 0.3) is 0 Å². The standard InChI is InChI=1S/C8H16O5S4.CH2S4/c9-1-7(2-10,3-11)4-13-5(12)8(16,17)6(14)15;1-2-4-5-3-1/h6,9-11,14-17H,1-4H2;1H2. The molecule has 5 nitrogen and oxygen atoms in total. The molecule has 0 atom stereocenters. The molecule has 0 aromatic rings. The quantitative estimate of drug-likeness (QED) is 0.133. The van der Waals surface area contributed by atoms with E-state index in [9.17, 15) is 4.79 Å². The molecule has 0 aliphatic carbocycles. The fourth-order valence-corrected chi connectivity index (χ4v) is 9.01. The minimum atomic E-state index is -1.52. The van der Waals surface area contributed by atoms with Gasteiger partial charge in [0.25, 0.3) is 0 Å². The van der Waals surface area contributed by atoms with Crippen molar-refractivity contribution in [2.24, 2.45) is 5.41 Å². The Morgan fingerprint density at radius 1 is 1.09 bits per heavy atom. The summed E-state index contributed by atoms with van der Waals surface area (Å²) in [5.74, 6) is -0.820. The van der Waals surface area contributed by atoms with Crippen molar-refractivity contribution in [2.75, 3.05) is 31.5 Å². The SMILES string of the molecule is C1SSSS1.O=C(OCC(CO)(CO)CO)C(S)(S)C(S)S. The van der Waals surface area contributed by atoms with Crippen molar-refractivity contribution >= 4 is 97.7 Å². The van der Waals surface area contributed by atoms with Crippen molar-refractivity contribution in [1.82, 2.24) is 0 Å². The first kappa shape index (κ1) is 24.1. The minimum Gasteiger partial charge on any atom is -0.463 e. The molecule has 0 bridgehead atoms. The van der Waals surface area contributed by atoms with E-state index < -0.39 is 39.9 Å². The lowest BCUT2D eigenvalue weighted by molar-refractivity contribution is -0.151. The van der Waals surface area contributed by atoms with Gasteiger partial charge >= 0.3 is 5.97 Å². The van der Waals surface area contributed by atoms with E-state index in [0.717, 1.165) is 0 Å². The predicted molar refractivity (Wildman–Crippen MR) is 112 cm³/mol. The summed E-state index contributed by atoms with van der Waals surface area (Å²) in [5, 5.41) is 28.3. The van der Waals surface area contributed by atoms with Crippen molar-refractivity contribution in [3.63, 3.8) is 0 Å². The summed E-state index contributed by atoms with van der Waals surface area (Å²) in [6, 6.07) is 0. The first-order chi connectivity index (χ1) is 10.3. The van der Waals surface area contributed by atoms with E-state index in [1.54, 1.807) is 0 Å². The molecule has 1 aliphatic rings. The maximum absolute atomic E-state index is 11.6. The number of hydrogen-bond donors (Lipinski definition) is 7. The van der Waals surface area contributed by atoms with Crippen molar-refractivity contribution in [3.05, 3.63) is 0 Å². The molecule has 1 rings (SSSR count). The average molecular weight is 463 g/mol.